The molecule has 0 unspecified atom stereocenters. The summed E-state index contributed by atoms with van der Waals surface area (Å²) in [5.74, 6) is -0.0727. The number of nitrogens with zero attached hydrogens (tertiary/aromatic N) is 2. The van der Waals surface area contributed by atoms with E-state index in [-0.39, 0.29) is 17.4 Å². The molecule has 2 heterocycles. The summed E-state index contributed by atoms with van der Waals surface area (Å²) < 4.78 is 0. The molecule has 0 radical (unpaired) electrons. The van der Waals surface area contributed by atoms with Gasteiger partial charge in [-0.2, -0.15) is 0 Å². The van der Waals surface area contributed by atoms with Gasteiger partial charge in [0.15, 0.2) is 0 Å². The van der Waals surface area contributed by atoms with Gasteiger partial charge in [0.1, 0.15) is 0 Å². The van der Waals surface area contributed by atoms with Crippen molar-refractivity contribution >= 4 is 16.8 Å². The van der Waals surface area contributed by atoms with Crippen LogP contribution < -0.4 is 5.56 Å². The average molecular weight is 383 g/mol. The molecule has 0 bridgehead atoms. The highest BCUT2D eigenvalue weighted by Crippen LogP contribution is 2.27. The number of aliphatic hydroxyl groups excluding tert-OH is 1. The Kier molecular flexibility index (Phi) is 5.51. The number of H-pyrrole nitrogens is 1. The Morgan fingerprint density at radius 3 is 2.64 bits per heavy atom. The molecule has 1 aromatic carbocycles. The quantitative estimate of drug-likeness (QED) is 0.845. The van der Waals surface area contributed by atoms with Crippen molar-refractivity contribution in [1.29, 1.82) is 0 Å². The van der Waals surface area contributed by atoms with Crippen molar-refractivity contribution in [2.45, 2.75) is 45.3 Å². The summed E-state index contributed by atoms with van der Waals surface area (Å²) in [6.45, 7) is 5.89. The van der Waals surface area contributed by atoms with E-state index in [1.54, 1.807) is 0 Å². The molecular weight excluding hydrogens is 354 g/mol. The van der Waals surface area contributed by atoms with Crippen LogP contribution in [0.5, 0.6) is 0 Å². The molecular formula is C22H29N3O3. The Morgan fingerprint density at radius 1 is 1.18 bits per heavy atom. The molecule has 1 saturated carbocycles. The number of carbonyl (C=O) groups excluding carboxylic acids is 1. The van der Waals surface area contributed by atoms with E-state index in [9.17, 15) is 14.7 Å². The lowest BCUT2D eigenvalue weighted by atomic mass is 10.0. The summed E-state index contributed by atoms with van der Waals surface area (Å²) in [5.41, 5.74) is 2.85. The molecule has 6 nitrogen and oxygen atoms in total. The number of fused-ring (bicyclic) bond motifs is 1. The monoisotopic (exact) mass is 383 g/mol. The predicted octanol–water partition coefficient (Wildman–Crippen LogP) is 1.90. The molecule has 28 heavy (non-hydrogen) atoms. The lowest BCUT2D eigenvalue weighted by Crippen LogP contribution is -2.50. The van der Waals surface area contributed by atoms with Crippen LogP contribution in [0.3, 0.4) is 0 Å². The highest BCUT2D eigenvalue weighted by molar-refractivity contribution is 5.80. The third-order valence-corrected chi connectivity index (χ3v) is 6.26. The number of aromatic amines is 1. The van der Waals surface area contributed by atoms with E-state index in [0.29, 0.717) is 13.1 Å². The Labute approximate surface area is 165 Å². The van der Waals surface area contributed by atoms with Crippen LogP contribution >= 0.6 is 0 Å². The second-order valence-electron chi connectivity index (χ2n) is 8.11. The fourth-order valence-electron chi connectivity index (χ4n) is 4.50. The third kappa shape index (κ3) is 3.84. The molecule has 1 saturated heterocycles. The number of hydrogen-bond donors (Lipinski definition) is 2. The van der Waals surface area contributed by atoms with Crippen LogP contribution in [0.4, 0.5) is 0 Å². The predicted molar refractivity (Wildman–Crippen MR) is 109 cm³/mol. The number of amides is 1. The number of aryl methyl sites for hydroxylation is 1. The van der Waals surface area contributed by atoms with Crippen LogP contribution in [0, 0.1) is 5.92 Å². The van der Waals surface area contributed by atoms with Gasteiger partial charge in [-0.15, -0.1) is 0 Å². The Morgan fingerprint density at radius 2 is 1.96 bits per heavy atom. The molecule has 2 N–H and O–H groups in total. The maximum Gasteiger partial charge on any atom is 0.251 e. The number of piperazine rings is 1. The number of carbonyl (C=O) groups is 1. The number of rotatable bonds is 4. The maximum atomic E-state index is 12.6. The van der Waals surface area contributed by atoms with E-state index in [4.69, 9.17) is 0 Å². The summed E-state index contributed by atoms with van der Waals surface area (Å²) in [7, 11) is 0. The SMILES string of the molecule is CCc1cc2ccc(CN3CCN(C(=O)[C@H]4CCC[C@@H]4O)CC3)cc2[nH]c1=O. The summed E-state index contributed by atoms with van der Waals surface area (Å²) in [5, 5.41) is 11.1. The lowest BCUT2D eigenvalue weighted by molar-refractivity contribution is -0.140. The number of benzene rings is 1. The number of aromatic nitrogens is 1. The second-order valence-corrected chi connectivity index (χ2v) is 8.11. The first-order valence-corrected chi connectivity index (χ1v) is 10.4. The maximum absolute atomic E-state index is 12.6. The van der Waals surface area contributed by atoms with E-state index in [0.717, 1.165) is 61.8 Å². The van der Waals surface area contributed by atoms with Crippen molar-refractivity contribution in [2.24, 2.45) is 5.92 Å². The van der Waals surface area contributed by atoms with Gasteiger partial charge in [-0.25, -0.2) is 0 Å². The lowest BCUT2D eigenvalue weighted by Gasteiger charge is -2.36. The molecule has 4 rings (SSSR count). The van der Waals surface area contributed by atoms with Gasteiger partial charge in [0.05, 0.1) is 12.0 Å². The van der Waals surface area contributed by atoms with Crippen molar-refractivity contribution < 1.29 is 9.90 Å². The number of nitrogens with one attached hydrogen (secondary N) is 1. The number of aliphatic hydroxyl groups is 1. The minimum absolute atomic E-state index is 0.00613. The normalized spacial score (nSPS) is 23.4. The van der Waals surface area contributed by atoms with Crippen LogP contribution in [0.1, 0.15) is 37.3 Å². The van der Waals surface area contributed by atoms with Crippen molar-refractivity contribution in [1.82, 2.24) is 14.8 Å². The van der Waals surface area contributed by atoms with Gasteiger partial charge >= 0.3 is 0 Å². The van der Waals surface area contributed by atoms with Gasteiger partial charge in [-0.1, -0.05) is 19.1 Å². The molecule has 2 atom stereocenters. The van der Waals surface area contributed by atoms with Crippen LogP contribution in [0.15, 0.2) is 29.1 Å². The minimum atomic E-state index is -0.460. The topological polar surface area (TPSA) is 76.6 Å². The molecule has 1 aliphatic carbocycles. The molecule has 2 aliphatic rings. The Hall–Kier alpha value is -2.18. The molecule has 150 valence electrons. The first-order valence-electron chi connectivity index (χ1n) is 10.4. The Balaban J connectivity index is 1.38. The van der Waals surface area contributed by atoms with Crippen molar-refractivity contribution in [3.8, 4) is 0 Å². The number of pyridine rings is 1. The molecule has 1 aromatic heterocycles. The largest absolute Gasteiger partial charge is 0.392 e. The van der Waals surface area contributed by atoms with E-state index >= 15 is 0 Å². The highest BCUT2D eigenvalue weighted by atomic mass is 16.3. The van der Waals surface area contributed by atoms with E-state index < -0.39 is 6.10 Å². The van der Waals surface area contributed by atoms with E-state index in [2.05, 4.69) is 28.1 Å². The van der Waals surface area contributed by atoms with E-state index in [1.807, 2.05) is 17.9 Å². The zero-order valence-electron chi connectivity index (χ0n) is 16.5. The number of hydrogen-bond acceptors (Lipinski definition) is 4. The minimum Gasteiger partial charge on any atom is -0.392 e. The smallest absolute Gasteiger partial charge is 0.251 e. The molecule has 6 heteroatoms. The average Bonchev–Trinajstić information content (AvgIpc) is 3.13. The van der Waals surface area contributed by atoms with Gasteiger partial charge in [0, 0.05) is 43.8 Å². The fraction of sp³-hybridized carbons (Fsp3) is 0.545. The summed E-state index contributed by atoms with van der Waals surface area (Å²) >= 11 is 0. The van der Waals surface area contributed by atoms with Crippen LogP contribution in [0.2, 0.25) is 0 Å². The van der Waals surface area contributed by atoms with E-state index in [1.165, 1.54) is 5.56 Å². The van der Waals surface area contributed by atoms with Crippen molar-refractivity contribution in [3.05, 3.63) is 45.7 Å². The second kappa shape index (κ2) is 8.05. The zero-order valence-corrected chi connectivity index (χ0v) is 16.5. The fourth-order valence-corrected chi connectivity index (χ4v) is 4.50. The molecule has 2 fully saturated rings. The first-order chi connectivity index (χ1) is 13.5. The van der Waals surface area contributed by atoms with Gasteiger partial charge in [-0.05, 0) is 48.8 Å². The molecule has 2 aromatic rings. The molecule has 1 aliphatic heterocycles. The molecule has 0 spiro atoms. The molecule has 1 amide bonds. The standard InChI is InChI=1S/C22H29N3O3/c1-2-16-13-17-7-6-15(12-19(17)23-21(16)27)14-24-8-10-25(11-9-24)22(28)18-4-3-5-20(18)26/h6-7,12-13,18,20,26H,2-5,8-11,14H2,1H3,(H,23,27)/t18-,20-/m0/s1. The first kappa shape index (κ1) is 19.2. The van der Waals surface area contributed by atoms with Crippen LogP contribution in [0.25, 0.3) is 10.9 Å². The van der Waals surface area contributed by atoms with Crippen LogP contribution in [-0.2, 0) is 17.8 Å². The van der Waals surface area contributed by atoms with Crippen LogP contribution in [-0.4, -0.2) is 58.1 Å². The summed E-state index contributed by atoms with van der Waals surface area (Å²) in [6.07, 6.45) is 2.78. The van der Waals surface area contributed by atoms with Crippen molar-refractivity contribution in [3.63, 3.8) is 0 Å². The zero-order chi connectivity index (χ0) is 19.7. The van der Waals surface area contributed by atoms with Gasteiger partial charge in [-0.3, -0.25) is 14.5 Å². The highest BCUT2D eigenvalue weighted by Gasteiger charge is 2.35. The summed E-state index contributed by atoms with van der Waals surface area (Å²) in [6, 6.07) is 8.22. The van der Waals surface area contributed by atoms with Gasteiger partial charge in [0.25, 0.3) is 5.56 Å². The Bertz CT molecular complexity index is 915. The van der Waals surface area contributed by atoms with Crippen molar-refractivity contribution in [2.75, 3.05) is 26.2 Å². The third-order valence-electron chi connectivity index (χ3n) is 6.26. The van der Waals surface area contributed by atoms with Gasteiger partial charge < -0.3 is 15.0 Å². The summed E-state index contributed by atoms with van der Waals surface area (Å²) in [4.78, 5) is 31.9. The van der Waals surface area contributed by atoms with Gasteiger partial charge in [0.2, 0.25) is 5.91 Å².